The summed E-state index contributed by atoms with van der Waals surface area (Å²) in [4.78, 5) is 13.4. The van der Waals surface area contributed by atoms with Crippen LogP contribution in [0.1, 0.15) is 18.4 Å². The fraction of sp³-hybridized carbons (Fsp3) is 0.533. The Morgan fingerprint density at radius 1 is 1.43 bits per heavy atom. The van der Waals surface area contributed by atoms with E-state index in [2.05, 4.69) is 15.5 Å². The predicted octanol–water partition coefficient (Wildman–Crippen LogP) is 0.831. The van der Waals surface area contributed by atoms with E-state index in [0.29, 0.717) is 24.7 Å². The normalized spacial score (nSPS) is 16.9. The molecule has 0 spiro atoms. The third-order valence-corrected chi connectivity index (χ3v) is 3.86. The molecule has 3 N–H and O–H groups in total. The average molecular weight is 295 g/mol. The number of likely N-dealkylation sites (N-methyl/N-ethyl adjacent to an activating group) is 1. The van der Waals surface area contributed by atoms with Crippen molar-refractivity contribution in [1.29, 1.82) is 0 Å². The van der Waals surface area contributed by atoms with Crippen LogP contribution in [0.2, 0.25) is 0 Å². The van der Waals surface area contributed by atoms with Gasteiger partial charge in [-0.2, -0.15) is 0 Å². The molecule has 1 saturated heterocycles. The summed E-state index contributed by atoms with van der Waals surface area (Å²) in [5, 5.41) is 15.6. The van der Waals surface area contributed by atoms with Crippen LogP contribution in [-0.2, 0) is 11.3 Å². The number of hydrogen-bond donors (Lipinski definition) is 3. The molecule has 0 atom stereocenters. The molecule has 5 nitrogen and oxygen atoms in total. The first-order valence-corrected chi connectivity index (χ1v) is 7.22. The van der Waals surface area contributed by atoms with Crippen LogP contribution in [0.5, 0.6) is 5.75 Å². The van der Waals surface area contributed by atoms with Gasteiger partial charge in [0.25, 0.3) is 0 Å². The molecule has 1 amide bonds. The minimum Gasteiger partial charge on any atom is -0.508 e. The van der Waals surface area contributed by atoms with Gasteiger partial charge in [0.05, 0.1) is 6.54 Å². The lowest BCUT2D eigenvalue weighted by atomic mass is 10.0. The largest absolute Gasteiger partial charge is 0.508 e. The zero-order chi connectivity index (χ0) is 15.2. The monoisotopic (exact) mass is 295 g/mol. The summed E-state index contributed by atoms with van der Waals surface area (Å²) in [6.07, 6.45) is 1.88. The van der Waals surface area contributed by atoms with Crippen LogP contribution >= 0.6 is 0 Å². The molecular formula is C15H22FN3O2. The molecule has 0 bridgehead atoms. The van der Waals surface area contributed by atoms with Crippen molar-refractivity contribution in [1.82, 2.24) is 15.5 Å². The number of nitrogens with one attached hydrogen (secondary N) is 2. The number of halogens is 1. The minimum atomic E-state index is -0.343. The fourth-order valence-electron chi connectivity index (χ4n) is 2.53. The predicted molar refractivity (Wildman–Crippen MR) is 78.4 cm³/mol. The first-order chi connectivity index (χ1) is 10.1. The molecule has 116 valence electrons. The fourth-order valence-corrected chi connectivity index (χ4v) is 2.53. The lowest BCUT2D eigenvalue weighted by Gasteiger charge is -2.31. The summed E-state index contributed by atoms with van der Waals surface area (Å²) < 4.78 is 13.1. The zero-order valence-electron chi connectivity index (χ0n) is 12.2. The summed E-state index contributed by atoms with van der Waals surface area (Å²) >= 11 is 0. The second-order valence-electron chi connectivity index (χ2n) is 5.38. The first-order valence-electron chi connectivity index (χ1n) is 7.22. The number of carbonyl (C=O) groups excluding carboxylic acids is 1. The number of amides is 1. The molecule has 1 aliphatic rings. The van der Waals surface area contributed by atoms with Crippen LogP contribution in [0.3, 0.4) is 0 Å². The number of likely N-dealkylation sites (tertiary alicyclic amines) is 1. The molecule has 1 heterocycles. The lowest BCUT2D eigenvalue weighted by molar-refractivity contribution is -0.122. The topological polar surface area (TPSA) is 64.6 Å². The Balaban J connectivity index is 1.76. The standard InChI is InChI=1S/C15H22FN3O2/c1-17-15(21)10-19-6-4-13(5-7-19)18-9-11-8-12(16)2-3-14(11)20/h2-3,8,13,18,20H,4-7,9-10H2,1H3,(H,17,21). The maximum absolute atomic E-state index is 13.1. The Labute approximate surface area is 124 Å². The van der Waals surface area contributed by atoms with Crippen LogP contribution in [0.15, 0.2) is 18.2 Å². The highest BCUT2D eigenvalue weighted by molar-refractivity contribution is 5.77. The van der Waals surface area contributed by atoms with Gasteiger partial charge in [-0.3, -0.25) is 9.69 Å². The highest BCUT2D eigenvalue weighted by atomic mass is 19.1. The first kappa shape index (κ1) is 15.7. The van der Waals surface area contributed by atoms with Crippen LogP contribution in [0, 0.1) is 5.82 Å². The van der Waals surface area contributed by atoms with E-state index in [0.717, 1.165) is 25.9 Å². The second-order valence-corrected chi connectivity index (χ2v) is 5.38. The van der Waals surface area contributed by atoms with Crippen LogP contribution in [0.4, 0.5) is 4.39 Å². The molecule has 0 radical (unpaired) electrons. The van der Waals surface area contributed by atoms with Crippen molar-refractivity contribution < 1.29 is 14.3 Å². The number of piperidine rings is 1. The number of aromatic hydroxyl groups is 1. The Morgan fingerprint density at radius 2 is 2.14 bits per heavy atom. The van der Waals surface area contributed by atoms with Crippen molar-refractivity contribution in [2.45, 2.75) is 25.4 Å². The van der Waals surface area contributed by atoms with E-state index in [1.807, 2.05) is 0 Å². The molecule has 1 aromatic carbocycles. The SMILES string of the molecule is CNC(=O)CN1CCC(NCc2cc(F)ccc2O)CC1. The van der Waals surface area contributed by atoms with Gasteiger partial charge in [-0.1, -0.05) is 0 Å². The summed E-state index contributed by atoms with van der Waals surface area (Å²) in [5.41, 5.74) is 0.572. The summed E-state index contributed by atoms with van der Waals surface area (Å²) in [6.45, 7) is 2.61. The van der Waals surface area contributed by atoms with Crippen molar-refractivity contribution in [3.05, 3.63) is 29.6 Å². The molecule has 0 unspecified atom stereocenters. The Morgan fingerprint density at radius 3 is 2.81 bits per heavy atom. The van der Waals surface area contributed by atoms with Gasteiger partial charge in [0.2, 0.25) is 5.91 Å². The third-order valence-electron chi connectivity index (χ3n) is 3.86. The van der Waals surface area contributed by atoms with Crippen molar-refractivity contribution in [2.24, 2.45) is 0 Å². The van der Waals surface area contributed by atoms with Gasteiger partial charge >= 0.3 is 0 Å². The van der Waals surface area contributed by atoms with Crippen LogP contribution in [0.25, 0.3) is 0 Å². The van der Waals surface area contributed by atoms with Gasteiger partial charge in [-0.25, -0.2) is 4.39 Å². The van der Waals surface area contributed by atoms with Gasteiger partial charge in [-0.15, -0.1) is 0 Å². The Hall–Kier alpha value is -1.66. The van der Waals surface area contributed by atoms with E-state index < -0.39 is 0 Å². The van der Waals surface area contributed by atoms with Crippen molar-refractivity contribution in [2.75, 3.05) is 26.7 Å². The van der Waals surface area contributed by atoms with Gasteiger partial charge < -0.3 is 15.7 Å². The number of hydrogen-bond acceptors (Lipinski definition) is 4. The van der Waals surface area contributed by atoms with Crippen LogP contribution < -0.4 is 10.6 Å². The summed E-state index contributed by atoms with van der Waals surface area (Å²) in [6, 6.07) is 4.30. The molecule has 1 fully saturated rings. The van der Waals surface area contributed by atoms with Crippen LogP contribution in [-0.4, -0.2) is 48.6 Å². The summed E-state index contributed by atoms with van der Waals surface area (Å²) in [5.74, 6) is -0.197. The molecule has 0 aliphatic carbocycles. The van der Waals surface area contributed by atoms with Gasteiger partial charge in [0.1, 0.15) is 11.6 Å². The number of benzene rings is 1. The third kappa shape index (κ3) is 4.68. The zero-order valence-corrected chi connectivity index (χ0v) is 12.2. The highest BCUT2D eigenvalue weighted by Gasteiger charge is 2.20. The molecule has 0 saturated carbocycles. The average Bonchev–Trinajstić information content (AvgIpc) is 2.49. The molecule has 2 rings (SSSR count). The van der Waals surface area contributed by atoms with E-state index in [-0.39, 0.29) is 17.5 Å². The number of phenolic OH excluding ortho intramolecular Hbond substituents is 1. The quantitative estimate of drug-likeness (QED) is 0.753. The van der Waals surface area contributed by atoms with E-state index in [4.69, 9.17) is 0 Å². The number of nitrogens with zero attached hydrogens (tertiary/aromatic N) is 1. The smallest absolute Gasteiger partial charge is 0.233 e. The van der Waals surface area contributed by atoms with Gasteiger partial charge in [0, 0.05) is 38.3 Å². The van der Waals surface area contributed by atoms with Gasteiger partial charge in [0.15, 0.2) is 0 Å². The molecule has 0 aromatic heterocycles. The molecule has 6 heteroatoms. The van der Waals surface area contributed by atoms with E-state index in [1.54, 1.807) is 7.05 Å². The number of rotatable bonds is 5. The van der Waals surface area contributed by atoms with Crippen molar-refractivity contribution >= 4 is 5.91 Å². The van der Waals surface area contributed by atoms with Crippen molar-refractivity contribution in [3.63, 3.8) is 0 Å². The van der Waals surface area contributed by atoms with E-state index >= 15 is 0 Å². The van der Waals surface area contributed by atoms with Crippen molar-refractivity contribution in [3.8, 4) is 5.75 Å². The highest BCUT2D eigenvalue weighted by Crippen LogP contribution is 2.18. The lowest BCUT2D eigenvalue weighted by Crippen LogP contribution is -2.45. The molecule has 1 aliphatic heterocycles. The maximum atomic E-state index is 13.1. The number of carbonyl (C=O) groups is 1. The molecule has 1 aromatic rings. The Kier molecular flexibility index (Phi) is 5.52. The summed E-state index contributed by atoms with van der Waals surface area (Å²) in [7, 11) is 1.64. The number of phenols is 1. The second kappa shape index (κ2) is 7.38. The molecule has 21 heavy (non-hydrogen) atoms. The van der Waals surface area contributed by atoms with E-state index in [9.17, 15) is 14.3 Å². The van der Waals surface area contributed by atoms with E-state index in [1.165, 1.54) is 18.2 Å². The minimum absolute atomic E-state index is 0.0334. The Bertz CT molecular complexity index is 488. The van der Waals surface area contributed by atoms with Gasteiger partial charge in [-0.05, 0) is 31.0 Å². The maximum Gasteiger partial charge on any atom is 0.233 e. The molecular weight excluding hydrogens is 273 g/mol.